The summed E-state index contributed by atoms with van der Waals surface area (Å²) in [6, 6.07) is 0. The Labute approximate surface area is 77.0 Å². The van der Waals surface area contributed by atoms with Gasteiger partial charge in [-0.2, -0.15) is 0 Å². The maximum atomic E-state index is 10.1. The summed E-state index contributed by atoms with van der Waals surface area (Å²) >= 11 is 0. The quantitative estimate of drug-likeness (QED) is 0.585. The summed E-state index contributed by atoms with van der Waals surface area (Å²) < 4.78 is 0. The lowest BCUT2D eigenvalue weighted by Crippen LogP contribution is -2.18. The predicted octanol–water partition coefficient (Wildman–Crippen LogP) is 2.54. The van der Waals surface area contributed by atoms with Gasteiger partial charge in [-0.15, -0.1) is 0 Å². The molecule has 0 saturated carbocycles. The zero-order valence-corrected chi connectivity index (χ0v) is 9.13. The van der Waals surface area contributed by atoms with Crippen molar-refractivity contribution in [1.29, 1.82) is 0 Å². The summed E-state index contributed by atoms with van der Waals surface area (Å²) in [5, 5.41) is 0. The van der Waals surface area contributed by atoms with E-state index in [2.05, 4.69) is 13.8 Å². The van der Waals surface area contributed by atoms with E-state index in [0.29, 0.717) is 0 Å². The highest BCUT2D eigenvalue weighted by Crippen LogP contribution is 2.05. The van der Waals surface area contributed by atoms with Crippen LogP contribution < -0.4 is 0 Å². The number of amides is 1. The first kappa shape index (κ1) is 14.0. The van der Waals surface area contributed by atoms with Crippen LogP contribution in [0.3, 0.4) is 0 Å². The van der Waals surface area contributed by atoms with E-state index in [-0.39, 0.29) is 0 Å². The third kappa shape index (κ3) is 9.47. The van der Waals surface area contributed by atoms with Gasteiger partial charge in [0.1, 0.15) is 0 Å². The van der Waals surface area contributed by atoms with Gasteiger partial charge in [-0.1, -0.05) is 34.1 Å². The molecule has 0 aliphatic heterocycles. The van der Waals surface area contributed by atoms with Gasteiger partial charge in [0.15, 0.2) is 0 Å². The van der Waals surface area contributed by atoms with Crippen LogP contribution >= 0.6 is 0 Å². The van der Waals surface area contributed by atoms with E-state index in [1.807, 2.05) is 20.9 Å². The molecule has 1 unspecified atom stereocenters. The van der Waals surface area contributed by atoms with Gasteiger partial charge in [0.2, 0.25) is 6.41 Å². The van der Waals surface area contributed by atoms with Gasteiger partial charge >= 0.3 is 0 Å². The monoisotopic (exact) mass is 173 g/mol. The largest absolute Gasteiger partial charge is 0.348 e. The maximum absolute atomic E-state index is 10.1. The fraction of sp³-hybridized carbons (Fsp3) is 0.900. The fourth-order valence-corrected chi connectivity index (χ4v) is 0.681. The van der Waals surface area contributed by atoms with Crippen molar-refractivity contribution in [2.24, 2.45) is 5.92 Å². The highest BCUT2D eigenvalue weighted by Gasteiger charge is 1.99. The molecule has 0 saturated heterocycles. The summed E-state index contributed by atoms with van der Waals surface area (Å²) in [5.74, 6) is 0.738. The first-order valence-electron chi connectivity index (χ1n) is 4.86. The van der Waals surface area contributed by atoms with Crippen LogP contribution in [-0.2, 0) is 4.79 Å². The normalized spacial score (nSPS) is 11.1. The van der Waals surface area contributed by atoms with Crippen molar-refractivity contribution in [2.75, 3.05) is 13.6 Å². The number of hydrogen-bond acceptors (Lipinski definition) is 1. The smallest absolute Gasteiger partial charge is 0.209 e. The molecule has 0 spiro atoms. The number of nitrogens with zero attached hydrogens (tertiary/aromatic N) is 1. The van der Waals surface area contributed by atoms with Gasteiger partial charge in [-0.05, 0) is 12.3 Å². The molecule has 0 heterocycles. The Morgan fingerprint density at radius 1 is 1.42 bits per heavy atom. The number of rotatable bonds is 5. The average Bonchev–Trinajstić information content (AvgIpc) is 2.16. The summed E-state index contributed by atoms with van der Waals surface area (Å²) in [4.78, 5) is 11.8. The van der Waals surface area contributed by atoms with Crippen LogP contribution in [0.4, 0.5) is 0 Å². The highest BCUT2D eigenvalue weighted by molar-refractivity contribution is 5.46. The van der Waals surface area contributed by atoms with Gasteiger partial charge in [-0.25, -0.2) is 0 Å². The van der Waals surface area contributed by atoms with Crippen LogP contribution in [0.5, 0.6) is 0 Å². The molecular formula is C10H23NO. The molecule has 0 fully saturated rings. The molecule has 2 heteroatoms. The molecule has 0 aliphatic rings. The molecule has 0 aliphatic carbocycles. The van der Waals surface area contributed by atoms with Crippen molar-refractivity contribution >= 4 is 6.41 Å². The maximum Gasteiger partial charge on any atom is 0.209 e. The fourth-order valence-electron chi connectivity index (χ4n) is 0.681. The minimum absolute atomic E-state index is 0.738. The van der Waals surface area contributed by atoms with Crippen LogP contribution in [0.15, 0.2) is 0 Å². The SMILES string of the molecule is CC.CCC(C)CCN(C)C=O. The lowest BCUT2D eigenvalue weighted by atomic mass is 10.1. The molecule has 0 N–H and O–H groups in total. The van der Waals surface area contributed by atoms with Gasteiger partial charge in [0.25, 0.3) is 0 Å². The van der Waals surface area contributed by atoms with E-state index in [1.54, 1.807) is 4.90 Å². The van der Waals surface area contributed by atoms with E-state index in [0.717, 1.165) is 25.3 Å². The standard InChI is InChI=1S/C8H17NO.C2H6/c1-4-8(2)5-6-9(3)7-10;1-2/h7-8H,4-6H2,1-3H3;1-2H3. The first-order chi connectivity index (χ1) is 5.70. The first-order valence-corrected chi connectivity index (χ1v) is 4.86. The molecule has 0 aromatic carbocycles. The molecule has 0 radical (unpaired) electrons. The lowest BCUT2D eigenvalue weighted by Gasteiger charge is -2.13. The van der Waals surface area contributed by atoms with E-state index in [1.165, 1.54) is 6.42 Å². The van der Waals surface area contributed by atoms with Crippen LogP contribution in [0.1, 0.15) is 40.5 Å². The third-order valence-corrected chi connectivity index (χ3v) is 1.85. The molecular weight excluding hydrogens is 150 g/mol. The molecule has 0 bridgehead atoms. The van der Waals surface area contributed by atoms with Gasteiger partial charge < -0.3 is 4.90 Å². The Morgan fingerprint density at radius 3 is 2.25 bits per heavy atom. The second kappa shape index (κ2) is 10.5. The van der Waals surface area contributed by atoms with E-state index in [9.17, 15) is 4.79 Å². The average molecular weight is 173 g/mol. The molecule has 0 rings (SSSR count). The minimum atomic E-state index is 0.738. The van der Waals surface area contributed by atoms with E-state index >= 15 is 0 Å². The Kier molecular flexibility index (Phi) is 12.2. The van der Waals surface area contributed by atoms with Crippen LogP contribution in [0.25, 0.3) is 0 Å². The highest BCUT2D eigenvalue weighted by atomic mass is 16.1. The molecule has 0 aromatic heterocycles. The Balaban J connectivity index is 0. The van der Waals surface area contributed by atoms with Gasteiger partial charge in [-0.3, -0.25) is 4.79 Å². The van der Waals surface area contributed by atoms with Crippen molar-refractivity contribution in [1.82, 2.24) is 4.90 Å². The minimum Gasteiger partial charge on any atom is -0.348 e. The topological polar surface area (TPSA) is 20.3 Å². The predicted molar refractivity (Wildman–Crippen MR) is 54.1 cm³/mol. The molecule has 12 heavy (non-hydrogen) atoms. The van der Waals surface area contributed by atoms with Gasteiger partial charge in [0, 0.05) is 13.6 Å². The second-order valence-electron chi connectivity index (χ2n) is 2.89. The van der Waals surface area contributed by atoms with Crippen LogP contribution in [0.2, 0.25) is 0 Å². The van der Waals surface area contributed by atoms with Crippen molar-refractivity contribution in [2.45, 2.75) is 40.5 Å². The zero-order chi connectivity index (χ0) is 9.98. The summed E-state index contributed by atoms with van der Waals surface area (Å²) in [6.07, 6.45) is 3.20. The molecule has 1 amide bonds. The van der Waals surface area contributed by atoms with Crippen LogP contribution in [0, 0.1) is 5.92 Å². The van der Waals surface area contributed by atoms with Crippen molar-refractivity contribution in [3.05, 3.63) is 0 Å². The number of carbonyl (C=O) groups excluding carboxylic acids is 1. The summed E-state index contributed by atoms with van der Waals surface area (Å²) in [5.41, 5.74) is 0. The van der Waals surface area contributed by atoms with Crippen molar-refractivity contribution in [3.63, 3.8) is 0 Å². The Bertz CT molecular complexity index is 93.8. The Hall–Kier alpha value is -0.530. The Morgan fingerprint density at radius 2 is 1.92 bits per heavy atom. The molecule has 1 atom stereocenters. The number of carbonyl (C=O) groups is 1. The number of hydrogen-bond donors (Lipinski definition) is 0. The summed E-state index contributed by atoms with van der Waals surface area (Å²) in [6.45, 7) is 9.27. The van der Waals surface area contributed by atoms with E-state index < -0.39 is 0 Å². The van der Waals surface area contributed by atoms with Crippen LogP contribution in [-0.4, -0.2) is 24.9 Å². The zero-order valence-electron chi connectivity index (χ0n) is 9.13. The lowest BCUT2D eigenvalue weighted by molar-refractivity contribution is -0.117. The molecule has 74 valence electrons. The second-order valence-corrected chi connectivity index (χ2v) is 2.89. The van der Waals surface area contributed by atoms with Crippen molar-refractivity contribution in [3.8, 4) is 0 Å². The van der Waals surface area contributed by atoms with E-state index in [4.69, 9.17) is 0 Å². The van der Waals surface area contributed by atoms with Gasteiger partial charge in [0.05, 0.1) is 0 Å². The summed E-state index contributed by atoms with van der Waals surface area (Å²) in [7, 11) is 1.81. The molecule has 2 nitrogen and oxygen atoms in total. The van der Waals surface area contributed by atoms with Crippen molar-refractivity contribution < 1.29 is 4.79 Å². The third-order valence-electron chi connectivity index (χ3n) is 1.85. The molecule has 0 aromatic rings.